The highest BCUT2D eigenvalue weighted by Crippen LogP contribution is 2.28. The summed E-state index contributed by atoms with van der Waals surface area (Å²) in [6.07, 6.45) is 3.76. The highest BCUT2D eigenvalue weighted by Gasteiger charge is 2.33. The Hall–Kier alpha value is -1.40. The average Bonchev–Trinajstić information content (AvgIpc) is 2.90. The molecule has 0 bridgehead atoms. The number of benzene rings is 1. The van der Waals surface area contributed by atoms with Gasteiger partial charge in [0, 0.05) is 6.04 Å². The zero-order valence-electron chi connectivity index (χ0n) is 10.7. The van der Waals surface area contributed by atoms with Crippen molar-refractivity contribution in [1.82, 2.24) is 4.31 Å². The first-order valence-corrected chi connectivity index (χ1v) is 7.85. The lowest BCUT2D eigenvalue weighted by molar-refractivity contribution is 0.353. The van der Waals surface area contributed by atoms with Crippen LogP contribution in [0, 0.1) is 5.41 Å². The van der Waals surface area contributed by atoms with E-state index in [0.717, 1.165) is 25.7 Å². The second-order valence-electron chi connectivity index (χ2n) is 4.83. The lowest BCUT2D eigenvalue weighted by Gasteiger charge is -2.27. The highest BCUT2D eigenvalue weighted by molar-refractivity contribution is 7.89. The summed E-state index contributed by atoms with van der Waals surface area (Å²) in [7, 11) is -3.57. The van der Waals surface area contributed by atoms with E-state index in [-0.39, 0.29) is 23.3 Å². The van der Waals surface area contributed by atoms with Crippen LogP contribution in [0.3, 0.4) is 0 Å². The molecule has 0 saturated heterocycles. The lowest BCUT2D eigenvalue weighted by atomic mass is 10.2. The van der Waals surface area contributed by atoms with Crippen LogP contribution in [0.5, 0.6) is 0 Å². The molecule has 5 nitrogen and oxygen atoms in total. The van der Waals surface area contributed by atoms with Crippen LogP contribution in [-0.4, -0.2) is 31.1 Å². The van der Waals surface area contributed by atoms with E-state index in [4.69, 9.17) is 11.1 Å². The molecule has 0 heterocycles. The largest absolute Gasteiger partial charge is 0.387 e. The van der Waals surface area contributed by atoms with Gasteiger partial charge in [-0.15, -0.1) is 0 Å². The zero-order valence-corrected chi connectivity index (χ0v) is 11.6. The van der Waals surface area contributed by atoms with Crippen molar-refractivity contribution >= 4 is 15.9 Å². The number of hydrogen-bond acceptors (Lipinski definition) is 3. The molecule has 0 spiro atoms. The molecule has 6 heteroatoms. The Morgan fingerprint density at radius 3 is 2.37 bits per heavy atom. The highest BCUT2D eigenvalue weighted by atomic mass is 32.2. The van der Waals surface area contributed by atoms with E-state index in [1.807, 2.05) is 0 Å². The quantitative estimate of drug-likeness (QED) is 0.634. The van der Waals surface area contributed by atoms with Gasteiger partial charge in [0.15, 0.2) is 0 Å². The molecule has 19 heavy (non-hydrogen) atoms. The van der Waals surface area contributed by atoms with Crippen LogP contribution in [0.25, 0.3) is 0 Å². The van der Waals surface area contributed by atoms with Gasteiger partial charge in [-0.3, -0.25) is 5.41 Å². The van der Waals surface area contributed by atoms with Gasteiger partial charge in [-0.1, -0.05) is 31.0 Å². The second-order valence-corrected chi connectivity index (χ2v) is 6.72. The Morgan fingerprint density at radius 2 is 1.84 bits per heavy atom. The van der Waals surface area contributed by atoms with Gasteiger partial charge in [0.05, 0.1) is 11.4 Å². The van der Waals surface area contributed by atoms with Crippen LogP contribution < -0.4 is 5.73 Å². The molecular formula is C13H19N3O2S. The molecule has 2 rings (SSSR count). The Labute approximate surface area is 114 Å². The number of nitrogens with zero attached hydrogens (tertiary/aromatic N) is 1. The Bertz CT molecular complexity index is 536. The van der Waals surface area contributed by atoms with Gasteiger partial charge in [-0.25, -0.2) is 8.42 Å². The van der Waals surface area contributed by atoms with Gasteiger partial charge >= 0.3 is 0 Å². The molecular weight excluding hydrogens is 262 g/mol. The fourth-order valence-electron chi connectivity index (χ4n) is 2.50. The third-order valence-corrected chi connectivity index (χ3v) is 5.32. The number of rotatable bonds is 5. The van der Waals surface area contributed by atoms with Crippen LogP contribution in [0.2, 0.25) is 0 Å². The van der Waals surface area contributed by atoms with E-state index in [2.05, 4.69) is 0 Å². The van der Waals surface area contributed by atoms with E-state index in [0.29, 0.717) is 0 Å². The zero-order chi connectivity index (χ0) is 13.9. The maximum atomic E-state index is 12.6. The summed E-state index contributed by atoms with van der Waals surface area (Å²) in [5.41, 5.74) is 5.41. The molecule has 1 fully saturated rings. The molecule has 0 aliphatic heterocycles. The third-order valence-electron chi connectivity index (χ3n) is 3.41. The minimum atomic E-state index is -3.57. The Kier molecular flexibility index (Phi) is 4.21. The van der Waals surface area contributed by atoms with Gasteiger partial charge in [0.1, 0.15) is 5.84 Å². The maximum Gasteiger partial charge on any atom is 0.243 e. The van der Waals surface area contributed by atoms with Crippen molar-refractivity contribution in [3.8, 4) is 0 Å². The summed E-state index contributed by atoms with van der Waals surface area (Å²) in [5, 5.41) is 7.40. The summed E-state index contributed by atoms with van der Waals surface area (Å²) in [4.78, 5) is 0.267. The second kappa shape index (κ2) is 5.71. The van der Waals surface area contributed by atoms with Crippen LogP contribution >= 0.6 is 0 Å². The van der Waals surface area contributed by atoms with Gasteiger partial charge < -0.3 is 5.73 Å². The molecule has 1 saturated carbocycles. The van der Waals surface area contributed by atoms with Crippen LogP contribution in [0.1, 0.15) is 25.7 Å². The van der Waals surface area contributed by atoms with Crippen LogP contribution in [0.4, 0.5) is 0 Å². The SMILES string of the molecule is N=C(N)CN(C1CCCC1)S(=O)(=O)c1ccccc1. The number of nitrogens with two attached hydrogens (primary N) is 1. The van der Waals surface area contributed by atoms with Crippen molar-refractivity contribution in [2.75, 3.05) is 6.54 Å². The number of amidine groups is 1. The Balaban J connectivity index is 2.34. The van der Waals surface area contributed by atoms with E-state index in [1.165, 1.54) is 4.31 Å². The maximum absolute atomic E-state index is 12.6. The molecule has 0 unspecified atom stereocenters. The molecule has 0 atom stereocenters. The van der Waals surface area contributed by atoms with Gasteiger partial charge in [-0.2, -0.15) is 4.31 Å². The van der Waals surface area contributed by atoms with Crippen molar-refractivity contribution < 1.29 is 8.42 Å². The number of nitrogens with one attached hydrogen (secondary N) is 1. The minimum Gasteiger partial charge on any atom is -0.387 e. The molecule has 1 aromatic carbocycles. The van der Waals surface area contributed by atoms with Crippen molar-refractivity contribution in [2.45, 2.75) is 36.6 Å². The molecule has 1 aliphatic rings. The summed E-state index contributed by atoms with van der Waals surface area (Å²) in [6, 6.07) is 8.31. The van der Waals surface area contributed by atoms with Gasteiger partial charge in [0.25, 0.3) is 0 Å². The summed E-state index contributed by atoms with van der Waals surface area (Å²) in [6.45, 7) is -0.0259. The van der Waals surface area contributed by atoms with Gasteiger partial charge in [0.2, 0.25) is 10.0 Å². The van der Waals surface area contributed by atoms with E-state index in [9.17, 15) is 8.42 Å². The van der Waals surface area contributed by atoms with E-state index in [1.54, 1.807) is 30.3 Å². The van der Waals surface area contributed by atoms with Crippen molar-refractivity contribution in [2.24, 2.45) is 5.73 Å². The summed E-state index contributed by atoms with van der Waals surface area (Å²) in [5.74, 6) is -0.119. The predicted octanol–water partition coefficient (Wildman–Crippen LogP) is 1.56. The molecule has 1 aromatic rings. The van der Waals surface area contributed by atoms with Crippen molar-refractivity contribution in [1.29, 1.82) is 5.41 Å². The smallest absolute Gasteiger partial charge is 0.243 e. The normalized spacial score (nSPS) is 16.9. The van der Waals surface area contributed by atoms with Crippen molar-refractivity contribution in [3.05, 3.63) is 30.3 Å². The molecule has 3 N–H and O–H groups in total. The summed E-state index contributed by atoms with van der Waals surface area (Å²) < 4.78 is 26.6. The number of hydrogen-bond donors (Lipinski definition) is 2. The van der Waals surface area contributed by atoms with Crippen molar-refractivity contribution in [3.63, 3.8) is 0 Å². The molecule has 104 valence electrons. The fourth-order valence-corrected chi connectivity index (χ4v) is 4.18. The number of sulfonamides is 1. The molecule has 0 radical (unpaired) electrons. The average molecular weight is 281 g/mol. The lowest BCUT2D eigenvalue weighted by Crippen LogP contribution is -2.43. The standard InChI is InChI=1S/C13H19N3O2S/c14-13(15)10-16(11-6-4-5-7-11)19(17,18)12-8-2-1-3-9-12/h1-3,8-9,11H,4-7,10H2,(H3,14,15). The van der Waals surface area contributed by atoms with E-state index < -0.39 is 10.0 Å². The Morgan fingerprint density at radius 1 is 1.26 bits per heavy atom. The van der Waals surface area contributed by atoms with Crippen LogP contribution in [-0.2, 0) is 10.0 Å². The fraction of sp³-hybridized carbons (Fsp3) is 0.462. The monoisotopic (exact) mass is 281 g/mol. The molecule has 0 amide bonds. The molecule has 1 aliphatic carbocycles. The van der Waals surface area contributed by atoms with Crippen LogP contribution in [0.15, 0.2) is 35.2 Å². The summed E-state index contributed by atoms with van der Waals surface area (Å²) >= 11 is 0. The topological polar surface area (TPSA) is 87.2 Å². The van der Waals surface area contributed by atoms with E-state index >= 15 is 0 Å². The first-order valence-electron chi connectivity index (χ1n) is 6.41. The third kappa shape index (κ3) is 3.13. The first kappa shape index (κ1) is 14.0. The predicted molar refractivity (Wildman–Crippen MR) is 74.5 cm³/mol. The first-order chi connectivity index (χ1) is 9.01. The van der Waals surface area contributed by atoms with Gasteiger partial charge in [-0.05, 0) is 25.0 Å². The minimum absolute atomic E-state index is 0.0259. The molecule has 0 aromatic heterocycles.